The van der Waals surface area contributed by atoms with Gasteiger partial charge in [0.2, 0.25) is 0 Å². The summed E-state index contributed by atoms with van der Waals surface area (Å²) in [5.41, 5.74) is 5.64. The second-order valence-corrected chi connectivity index (χ2v) is 6.61. The molecule has 0 atom stereocenters. The lowest BCUT2D eigenvalue weighted by molar-refractivity contribution is 0.420. The molecule has 0 unspecified atom stereocenters. The number of methoxy groups -OCH3 is 1. The lowest BCUT2D eigenvalue weighted by Gasteiger charge is -2.08. The minimum atomic E-state index is 0.497. The fourth-order valence-electron chi connectivity index (χ4n) is 3.30. The molecule has 0 saturated heterocycles. The second kappa shape index (κ2) is 6.62. The van der Waals surface area contributed by atoms with Crippen LogP contribution in [-0.2, 0) is 0 Å². The van der Waals surface area contributed by atoms with Crippen LogP contribution in [0.3, 0.4) is 0 Å². The fourth-order valence-corrected chi connectivity index (χ4v) is 3.30. The van der Waals surface area contributed by atoms with Crippen molar-refractivity contribution in [1.29, 1.82) is 5.26 Å². The number of aromatic nitrogens is 2. The lowest BCUT2D eigenvalue weighted by Crippen LogP contribution is -1.89. The highest BCUT2D eigenvalue weighted by molar-refractivity contribution is 6.00. The van der Waals surface area contributed by atoms with Gasteiger partial charge in [-0.2, -0.15) is 5.26 Å². The molecule has 1 N–H and O–H groups in total. The minimum absolute atomic E-state index is 0.497. The first-order valence-electron chi connectivity index (χ1n) is 8.75. The largest absolute Gasteiger partial charge is 0.496 e. The molecule has 1 heterocycles. The van der Waals surface area contributed by atoms with Crippen LogP contribution in [0.5, 0.6) is 5.75 Å². The predicted molar refractivity (Wildman–Crippen MR) is 110 cm³/mol. The van der Waals surface area contributed by atoms with Gasteiger partial charge in [-0.25, -0.2) is 4.98 Å². The van der Waals surface area contributed by atoms with E-state index in [1.165, 1.54) is 11.1 Å². The zero-order valence-corrected chi connectivity index (χ0v) is 15.5. The van der Waals surface area contributed by atoms with Gasteiger partial charge < -0.3 is 9.72 Å². The number of nitriles is 1. The third kappa shape index (κ3) is 2.94. The molecule has 132 valence electrons. The maximum absolute atomic E-state index is 9.74. The Kier molecular flexibility index (Phi) is 4.13. The zero-order chi connectivity index (χ0) is 19.0. The van der Waals surface area contributed by atoms with E-state index >= 15 is 0 Å². The van der Waals surface area contributed by atoms with Crippen LogP contribution >= 0.6 is 0 Å². The van der Waals surface area contributed by atoms with E-state index in [0.717, 1.165) is 33.1 Å². The summed E-state index contributed by atoms with van der Waals surface area (Å²) < 4.78 is 5.46. The van der Waals surface area contributed by atoms with Gasteiger partial charge in [0, 0.05) is 5.39 Å². The lowest BCUT2D eigenvalue weighted by atomic mass is 10.0. The van der Waals surface area contributed by atoms with Gasteiger partial charge in [0.25, 0.3) is 0 Å². The SMILES string of the molecule is COc1ccc(/C=C(\C#N)c2nc3cc(C)c(C)cc3[nH]2)c2ccccc12. The Balaban J connectivity index is 1.88. The van der Waals surface area contributed by atoms with Gasteiger partial charge in [-0.1, -0.05) is 30.3 Å². The Hall–Kier alpha value is -3.58. The fraction of sp³-hybridized carbons (Fsp3) is 0.130. The number of hydrogen-bond donors (Lipinski definition) is 1. The second-order valence-electron chi connectivity index (χ2n) is 6.61. The molecule has 0 amide bonds. The summed E-state index contributed by atoms with van der Waals surface area (Å²) in [6.07, 6.45) is 1.87. The predicted octanol–water partition coefficient (Wildman–Crippen LogP) is 5.41. The van der Waals surface area contributed by atoms with E-state index in [1.54, 1.807) is 7.11 Å². The van der Waals surface area contributed by atoms with Gasteiger partial charge in [0.1, 0.15) is 17.6 Å². The van der Waals surface area contributed by atoms with E-state index in [2.05, 4.69) is 36.0 Å². The number of ether oxygens (including phenoxy) is 1. The molecule has 0 fully saturated rings. The number of nitrogens with zero attached hydrogens (tertiary/aromatic N) is 2. The standard InChI is InChI=1S/C23H19N3O/c1-14-10-20-21(11-15(14)2)26-23(25-20)17(13-24)12-16-8-9-22(27-3)19-7-5-4-6-18(16)19/h4-12H,1-3H3,(H,25,26)/b17-12+. The molecule has 4 heteroatoms. The van der Waals surface area contributed by atoms with Crippen LogP contribution in [0.1, 0.15) is 22.5 Å². The van der Waals surface area contributed by atoms with Crippen molar-refractivity contribution in [1.82, 2.24) is 9.97 Å². The molecular formula is C23H19N3O. The van der Waals surface area contributed by atoms with E-state index in [-0.39, 0.29) is 0 Å². The number of rotatable bonds is 3. The summed E-state index contributed by atoms with van der Waals surface area (Å²) in [4.78, 5) is 7.90. The zero-order valence-electron chi connectivity index (χ0n) is 15.5. The molecule has 1 aromatic heterocycles. The highest BCUT2D eigenvalue weighted by Crippen LogP contribution is 2.30. The van der Waals surface area contributed by atoms with Gasteiger partial charge in [0.05, 0.1) is 23.7 Å². The summed E-state index contributed by atoms with van der Waals surface area (Å²) >= 11 is 0. The number of allylic oxidation sites excluding steroid dienone is 1. The number of fused-ring (bicyclic) bond motifs is 2. The van der Waals surface area contributed by atoms with Crippen LogP contribution in [-0.4, -0.2) is 17.1 Å². The molecule has 4 nitrogen and oxygen atoms in total. The Morgan fingerprint density at radius 3 is 2.56 bits per heavy atom. The van der Waals surface area contributed by atoms with Crippen LogP contribution in [0.2, 0.25) is 0 Å². The first-order chi connectivity index (χ1) is 13.1. The Morgan fingerprint density at radius 1 is 1.07 bits per heavy atom. The van der Waals surface area contributed by atoms with Gasteiger partial charge >= 0.3 is 0 Å². The molecular weight excluding hydrogens is 334 g/mol. The third-order valence-corrected chi connectivity index (χ3v) is 4.91. The Morgan fingerprint density at radius 2 is 1.81 bits per heavy atom. The monoisotopic (exact) mass is 353 g/mol. The van der Waals surface area contributed by atoms with Crippen LogP contribution < -0.4 is 4.74 Å². The summed E-state index contributed by atoms with van der Waals surface area (Å²) in [7, 11) is 1.66. The number of imidazole rings is 1. The van der Waals surface area contributed by atoms with Crippen molar-refractivity contribution in [3.05, 3.63) is 71.0 Å². The molecule has 0 bridgehead atoms. The highest BCUT2D eigenvalue weighted by atomic mass is 16.5. The average Bonchev–Trinajstić information content (AvgIpc) is 3.08. The number of aryl methyl sites for hydroxylation is 2. The normalized spacial score (nSPS) is 11.7. The summed E-state index contributed by atoms with van der Waals surface area (Å²) in [5, 5.41) is 11.8. The number of H-pyrrole nitrogens is 1. The topological polar surface area (TPSA) is 61.7 Å². The van der Waals surface area contributed by atoms with Crippen LogP contribution in [0.25, 0.3) is 33.5 Å². The highest BCUT2D eigenvalue weighted by Gasteiger charge is 2.11. The molecule has 0 aliphatic rings. The Labute approximate surface area is 157 Å². The van der Waals surface area contributed by atoms with Crippen LogP contribution in [0, 0.1) is 25.2 Å². The quantitative estimate of drug-likeness (QED) is 0.501. The summed E-state index contributed by atoms with van der Waals surface area (Å²) in [5.74, 6) is 1.40. The molecule has 4 rings (SSSR count). The molecule has 0 spiro atoms. The number of nitrogens with one attached hydrogen (secondary N) is 1. The van der Waals surface area contributed by atoms with Gasteiger partial charge in [-0.15, -0.1) is 0 Å². The molecule has 0 aliphatic heterocycles. The van der Waals surface area contributed by atoms with Gasteiger partial charge in [-0.05, 0) is 60.2 Å². The maximum atomic E-state index is 9.74. The van der Waals surface area contributed by atoms with Crippen molar-refractivity contribution in [3.8, 4) is 11.8 Å². The van der Waals surface area contributed by atoms with Crippen molar-refractivity contribution in [2.24, 2.45) is 0 Å². The van der Waals surface area contributed by atoms with Crippen molar-refractivity contribution in [2.75, 3.05) is 7.11 Å². The van der Waals surface area contributed by atoms with Gasteiger partial charge in [-0.3, -0.25) is 0 Å². The first-order valence-corrected chi connectivity index (χ1v) is 8.75. The maximum Gasteiger partial charge on any atom is 0.149 e. The van der Waals surface area contributed by atoms with Crippen molar-refractivity contribution in [3.63, 3.8) is 0 Å². The van der Waals surface area contributed by atoms with E-state index in [0.29, 0.717) is 11.4 Å². The smallest absolute Gasteiger partial charge is 0.149 e. The van der Waals surface area contributed by atoms with Crippen molar-refractivity contribution in [2.45, 2.75) is 13.8 Å². The van der Waals surface area contributed by atoms with Crippen LogP contribution in [0.15, 0.2) is 48.5 Å². The summed E-state index contributed by atoms with van der Waals surface area (Å²) in [6.45, 7) is 4.13. The molecule has 0 aliphatic carbocycles. The van der Waals surface area contributed by atoms with E-state index < -0.39 is 0 Å². The van der Waals surface area contributed by atoms with E-state index in [9.17, 15) is 5.26 Å². The van der Waals surface area contributed by atoms with E-state index in [1.807, 2.05) is 48.5 Å². The molecule has 3 aromatic carbocycles. The van der Waals surface area contributed by atoms with Gasteiger partial charge in [0.15, 0.2) is 0 Å². The molecule has 4 aromatic rings. The average molecular weight is 353 g/mol. The summed E-state index contributed by atoms with van der Waals surface area (Å²) in [6, 6.07) is 18.3. The van der Waals surface area contributed by atoms with Crippen molar-refractivity contribution >= 4 is 33.5 Å². The number of benzene rings is 3. The van der Waals surface area contributed by atoms with E-state index in [4.69, 9.17) is 4.74 Å². The number of hydrogen-bond acceptors (Lipinski definition) is 3. The van der Waals surface area contributed by atoms with Crippen molar-refractivity contribution < 1.29 is 4.74 Å². The Bertz CT molecular complexity index is 1200. The molecule has 27 heavy (non-hydrogen) atoms. The third-order valence-electron chi connectivity index (χ3n) is 4.91. The number of aromatic amines is 1. The molecule has 0 radical (unpaired) electrons. The first kappa shape index (κ1) is 16.9. The minimum Gasteiger partial charge on any atom is -0.496 e. The molecule has 0 saturated carbocycles. The van der Waals surface area contributed by atoms with Crippen LogP contribution in [0.4, 0.5) is 0 Å².